The number of amides is 1. The predicted octanol–water partition coefficient (Wildman–Crippen LogP) is 2.64. The molecule has 1 aromatic carbocycles. The molecule has 0 saturated carbocycles. The smallest absolute Gasteiger partial charge is 0.412 e. The molecule has 0 bridgehead atoms. The third-order valence-electron chi connectivity index (χ3n) is 2.09. The number of anilines is 1. The molecule has 20 heavy (non-hydrogen) atoms. The SMILES string of the molecule is CC(C)(C)OC(=O)Nc1cccc([N+](=O)[O-])c1C(=O)O. The van der Waals surface area contributed by atoms with Gasteiger partial charge in [0.05, 0.1) is 10.6 Å². The molecule has 2 N–H and O–H groups in total. The Hall–Kier alpha value is -2.64. The molecule has 0 aliphatic rings. The first-order chi connectivity index (χ1) is 9.11. The van der Waals surface area contributed by atoms with Crippen LogP contribution in [-0.2, 0) is 4.74 Å². The number of ether oxygens (including phenoxy) is 1. The summed E-state index contributed by atoms with van der Waals surface area (Å²) in [6.07, 6.45) is -0.888. The summed E-state index contributed by atoms with van der Waals surface area (Å²) in [4.78, 5) is 32.7. The quantitative estimate of drug-likeness (QED) is 0.649. The minimum absolute atomic E-state index is 0.194. The van der Waals surface area contributed by atoms with Gasteiger partial charge in [0.1, 0.15) is 5.60 Å². The molecule has 0 aromatic heterocycles. The van der Waals surface area contributed by atoms with Gasteiger partial charge in [-0.25, -0.2) is 9.59 Å². The number of carboxylic acids is 1. The fourth-order valence-corrected chi connectivity index (χ4v) is 1.43. The first-order valence-electron chi connectivity index (χ1n) is 5.62. The zero-order chi connectivity index (χ0) is 15.5. The van der Waals surface area contributed by atoms with Crippen LogP contribution < -0.4 is 5.32 Å². The maximum absolute atomic E-state index is 11.6. The molecule has 1 aromatic rings. The number of hydrogen-bond donors (Lipinski definition) is 2. The Kier molecular flexibility index (Phi) is 4.28. The van der Waals surface area contributed by atoms with E-state index in [0.29, 0.717) is 0 Å². The third kappa shape index (κ3) is 3.94. The topological polar surface area (TPSA) is 119 Å². The van der Waals surface area contributed by atoms with E-state index in [-0.39, 0.29) is 5.69 Å². The monoisotopic (exact) mass is 282 g/mol. The number of hydrogen-bond acceptors (Lipinski definition) is 5. The summed E-state index contributed by atoms with van der Waals surface area (Å²) < 4.78 is 4.96. The summed E-state index contributed by atoms with van der Waals surface area (Å²) in [5.74, 6) is -1.51. The standard InChI is InChI=1S/C12H14N2O6/c1-12(2,3)20-11(17)13-7-5-4-6-8(14(18)19)9(7)10(15)16/h4-6H,1-3H3,(H,13,17)(H,15,16). The minimum Gasteiger partial charge on any atom is -0.477 e. The van der Waals surface area contributed by atoms with Gasteiger partial charge in [0.15, 0.2) is 5.56 Å². The molecule has 108 valence electrons. The van der Waals surface area contributed by atoms with E-state index in [4.69, 9.17) is 9.84 Å². The first kappa shape index (κ1) is 15.4. The zero-order valence-corrected chi connectivity index (χ0v) is 11.2. The van der Waals surface area contributed by atoms with E-state index >= 15 is 0 Å². The van der Waals surface area contributed by atoms with Crippen molar-refractivity contribution in [2.45, 2.75) is 26.4 Å². The minimum atomic E-state index is -1.51. The molecule has 0 fully saturated rings. The van der Waals surface area contributed by atoms with Crippen LogP contribution in [-0.4, -0.2) is 27.7 Å². The van der Waals surface area contributed by atoms with Crippen molar-refractivity contribution >= 4 is 23.4 Å². The highest BCUT2D eigenvalue weighted by Crippen LogP contribution is 2.26. The summed E-state index contributed by atoms with van der Waals surface area (Å²) in [6.45, 7) is 4.91. The Morgan fingerprint density at radius 2 is 1.95 bits per heavy atom. The third-order valence-corrected chi connectivity index (χ3v) is 2.09. The van der Waals surface area contributed by atoms with Gasteiger partial charge in [-0.05, 0) is 26.8 Å². The molecule has 0 heterocycles. The first-order valence-corrected chi connectivity index (χ1v) is 5.62. The lowest BCUT2D eigenvalue weighted by atomic mass is 10.1. The zero-order valence-electron chi connectivity index (χ0n) is 11.2. The van der Waals surface area contributed by atoms with Crippen LogP contribution in [0.25, 0.3) is 0 Å². The second-order valence-corrected chi connectivity index (χ2v) is 4.89. The molecule has 0 unspecified atom stereocenters. The molecule has 0 aliphatic carbocycles. The molecule has 1 rings (SSSR count). The molecule has 8 heteroatoms. The Bertz CT molecular complexity index is 562. The number of rotatable bonds is 3. The van der Waals surface area contributed by atoms with Gasteiger partial charge in [-0.15, -0.1) is 0 Å². The maximum atomic E-state index is 11.6. The normalized spacial score (nSPS) is 10.8. The number of benzene rings is 1. The number of nitrogens with one attached hydrogen (secondary N) is 1. The lowest BCUT2D eigenvalue weighted by Crippen LogP contribution is -2.27. The molecule has 0 radical (unpaired) electrons. The van der Waals surface area contributed by atoms with E-state index in [1.165, 1.54) is 12.1 Å². The molecular formula is C12H14N2O6. The van der Waals surface area contributed by atoms with Crippen molar-refractivity contribution in [3.8, 4) is 0 Å². The number of carbonyl (C=O) groups excluding carboxylic acids is 1. The number of carboxylic acid groups (broad SMARTS) is 1. The van der Waals surface area contributed by atoms with Gasteiger partial charge in [0, 0.05) is 6.07 Å². The molecule has 0 atom stereocenters. The van der Waals surface area contributed by atoms with Gasteiger partial charge >= 0.3 is 12.1 Å². The Morgan fingerprint density at radius 1 is 1.35 bits per heavy atom. The van der Waals surface area contributed by atoms with Crippen LogP contribution in [0.15, 0.2) is 18.2 Å². The lowest BCUT2D eigenvalue weighted by molar-refractivity contribution is -0.385. The highest BCUT2D eigenvalue weighted by atomic mass is 16.6. The van der Waals surface area contributed by atoms with Gasteiger partial charge in [-0.3, -0.25) is 15.4 Å². The van der Waals surface area contributed by atoms with Crippen LogP contribution >= 0.6 is 0 Å². The van der Waals surface area contributed by atoms with Crippen molar-refractivity contribution in [3.63, 3.8) is 0 Å². The highest BCUT2D eigenvalue weighted by Gasteiger charge is 2.25. The van der Waals surface area contributed by atoms with E-state index in [2.05, 4.69) is 5.32 Å². The number of nitro benzene ring substituents is 1. The Labute approximate surface area is 114 Å². The van der Waals surface area contributed by atoms with Crippen LogP contribution in [0, 0.1) is 10.1 Å². The van der Waals surface area contributed by atoms with Gasteiger partial charge < -0.3 is 9.84 Å². The second-order valence-electron chi connectivity index (χ2n) is 4.89. The number of nitro groups is 1. The van der Waals surface area contributed by atoms with Crippen LogP contribution in [0.3, 0.4) is 0 Å². The molecule has 8 nitrogen and oxygen atoms in total. The van der Waals surface area contributed by atoms with Crippen molar-refractivity contribution in [1.82, 2.24) is 0 Å². The van der Waals surface area contributed by atoms with Crippen LogP contribution in [0.2, 0.25) is 0 Å². The number of aromatic carboxylic acids is 1. The van der Waals surface area contributed by atoms with E-state index in [1.807, 2.05) is 0 Å². The van der Waals surface area contributed by atoms with Crippen molar-refractivity contribution < 1.29 is 24.4 Å². The van der Waals surface area contributed by atoms with Crippen molar-refractivity contribution in [2.75, 3.05) is 5.32 Å². The summed E-state index contributed by atoms with van der Waals surface area (Å²) in [7, 11) is 0. The summed E-state index contributed by atoms with van der Waals surface area (Å²) in [6, 6.07) is 3.57. The van der Waals surface area contributed by atoms with E-state index < -0.39 is 33.8 Å². The van der Waals surface area contributed by atoms with E-state index in [0.717, 1.165) is 6.07 Å². The van der Waals surface area contributed by atoms with Gasteiger partial charge in [-0.2, -0.15) is 0 Å². The van der Waals surface area contributed by atoms with Crippen molar-refractivity contribution in [3.05, 3.63) is 33.9 Å². The maximum Gasteiger partial charge on any atom is 0.412 e. The fraction of sp³-hybridized carbons (Fsp3) is 0.333. The molecule has 0 saturated heterocycles. The van der Waals surface area contributed by atoms with E-state index in [1.54, 1.807) is 20.8 Å². The molecule has 0 spiro atoms. The summed E-state index contributed by atoms with van der Waals surface area (Å²) in [5, 5.41) is 22.0. The average molecular weight is 282 g/mol. The van der Waals surface area contributed by atoms with Crippen LogP contribution in [0.4, 0.5) is 16.2 Å². The lowest BCUT2D eigenvalue weighted by Gasteiger charge is -2.20. The summed E-state index contributed by atoms with van der Waals surface area (Å²) in [5.41, 5.74) is -2.16. The van der Waals surface area contributed by atoms with E-state index in [9.17, 15) is 19.7 Å². The van der Waals surface area contributed by atoms with Gasteiger partial charge in [0.25, 0.3) is 5.69 Å². The molecule has 0 aliphatic heterocycles. The van der Waals surface area contributed by atoms with Crippen molar-refractivity contribution in [2.24, 2.45) is 0 Å². The Balaban J connectivity index is 3.13. The fourth-order valence-electron chi connectivity index (χ4n) is 1.43. The largest absolute Gasteiger partial charge is 0.477 e. The Morgan fingerprint density at radius 3 is 2.40 bits per heavy atom. The molecular weight excluding hydrogens is 268 g/mol. The van der Waals surface area contributed by atoms with Gasteiger partial charge in [-0.1, -0.05) is 6.07 Å². The van der Waals surface area contributed by atoms with Gasteiger partial charge in [0.2, 0.25) is 0 Å². The molecule has 1 amide bonds. The highest BCUT2D eigenvalue weighted by molar-refractivity contribution is 6.02. The predicted molar refractivity (Wildman–Crippen MR) is 69.9 cm³/mol. The average Bonchev–Trinajstić information content (AvgIpc) is 2.25. The second kappa shape index (κ2) is 5.55. The number of carbonyl (C=O) groups is 2. The summed E-state index contributed by atoms with van der Waals surface area (Å²) >= 11 is 0. The van der Waals surface area contributed by atoms with Crippen molar-refractivity contribution in [1.29, 1.82) is 0 Å². The van der Waals surface area contributed by atoms with Crippen LogP contribution in [0.5, 0.6) is 0 Å². The van der Waals surface area contributed by atoms with Crippen LogP contribution in [0.1, 0.15) is 31.1 Å². The number of nitrogens with zero attached hydrogens (tertiary/aromatic N) is 1.